The fourth-order valence-electron chi connectivity index (χ4n) is 3.88. The maximum Gasteiger partial charge on any atom is 0.263 e. The van der Waals surface area contributed by atoms with Gasteiger partial charge in [-0.25, -0.2) is 0 Å². The molecule has 5 heteroatoms. The van der Waals surface area contributed by atoms with E-state index < -0.39 is 0 Å². The Morgan fingerprint density at radius 3 is 3.00 bits per heavy atom. The first kappa shape index (κ1) is 14.5. The number of rotatable bonds is 3. The lowest BCUT2D eigenvalue weighted by atomic mass is 10.1. The van der Waals surface area contributed by atoms with Crippen molar-refractivity contribution in [1.82, 2.24) is 9.88 Å². The van der Waals surface area contributed by atoms with Crippen LogP contribution in [0.5, 0.6) is 0 Å². The van der Waals surface area contributed by atoms with Crippen LogP contribution in [0.3, 0.4) is 0 Å². The number of pyridine rings is 1. The largest absolute Gasteiger partial charge is 0.381 e. The van der Waals surface area contributed by atoms with Gasteiger partial charge in [-0.2, -0.15) is 0 Å². The summed E-state index contributed by atoms with van der Waals surface area (Å²) in [6.45, 7) is 0.658. The van der Waals surface area contributed by atoms with Crippen LogP contribution < -0.4 is 10.9 Å². The number of amides is 1. The molecule has 1 aliphatic carbocycles. The zero-order chi connectivity index (χ0) is 16.0. The van der Waals surface area contributed by atoms with Gasteiger partial charge in [0.2, 0.25) is 0 Å². The van der Waals surface area contributed by atoms with Crippen LogP contribution in [-0.4, -0.2) is 29.7 Å². The quantitative estimate of drug-likeness (QED) is 0.941. The number of hydrogen-bond donors (Lipinski definition) is 1. The molecule has 1 fully saturated rings. The van der Waals surface area contributed by atoms with E-state index in [1.165, 1.54) is 5.56 Å². The van der Waals surface area contributed by atoms with Crippen LogP contribution in [0.15, 0.2) is 29.1 Å². The SMILES string of the molecule is CO[C@H]1CC[C@@H](NC(=O)c2cc3cccc4c3n(c2=O)CC4)C1. The highest BCUT2D eigenvalue weighted by molar-refractivity contribution is 5.98. The number of aryl methyl sites for hydroxylation is 2. The van der Waals surface area contributed by atoms with Gasteiger partial charge in [0, 0.05) is 19.7 Å². The lowest BCUT2D eigenvalue weighted by Crippen LogP contribution is -2.38. The molecule has 23 heavy (non-hydrogen) atoms. The van der Waals surface area contributed by atoms with Gasteiger partial charge in [0.05, 0.1) is 11.6 Å². The molecular formula is C18H20N2O3. The van der Waals surface area contributed by atoms with Crippen LogP contribution >= 0.6 is 0 Å². The van der Waals surface area contributed by atoms with E-state index in [4.69, 9.17) is 4.74 Å². The van der Waals surface area contributed by atoms with Crippen molar-refractivity contribution in [3.05, 3.63) is 45.7 Å². The standard InChI is InChI=1S/C18H20N2O3/c1-23-14-6-5-13(10-14)19-17(21)15-9-12-4-2-3-11-7-8-20(16(11)12)18(15)22/h2-4,9,13-14H,5-8,10H2,1H3,(H,19,21)/t13-,14+/m1/s1. The van der Waals surface area contributed by atoms with Gasteiger partial charge in [0.1, 0.15) is 5.56 Å². The molecule has 2 aliphatic rings. The van der Waals surface area contributed by atoms with Crippen molar-refractivity contribution in [2.75, 3.05) is 7.11 Å². The molecule has 2 atom stereocenters. The Balaban J connectivity index is 1.66. The average molecular weight is 312 g/mol. The molecular weight excluding hydrogens is 292 g/mol. The Hall–Kier alpha value is -2.14. The molecule has 2 heterocycles. The number of hydrogen-bond acceptors (Lipinski definition) is 3. The van der Waals surface area contributed by atoms with Gasteiger partial charge in [-0.15, -0.1) is 0 Å². The number of para-hydroxylation sites is 1. The monoisotopic (exact) mass is 312 g/mol. The predicted octanol–water partition coefficient (Wildman–Crippen LogP) is 1.85. The lowest BCUT2D eigenvalue weighted by Gasteiger charge is -2.14. The number of aromatic nitrogens is 1. The van der Waals surface area contributed by atoms with E-state index in [0.717, 1.165) is 36.6 Å². The van der Waals surface area contributed by atoms with E-state index in [-0.39, 0.29) is 29.2 Å². The van der Waals surface area contributed by atoms with Gasteiger partial charge in [0.15, 0.2) is 0 Å². The fourth-order valence-corrected chi connectivity index (χ4v) is 3.88. The van der Waals surface area contributed by atoms with Crippen LogP contribution in [0.4, 0.5) is 0 Å². The lowest BCUT2D eigenvalue weighted by molar-refractivity contribution is 0.0913. The van der Waals surface area contributed by atoms with Crippen LogP contribution in [0, 0.1) is 0 Å². The number of nitrogens with one attached hydrogen (secondary N) is 1. The minimum Gasteiger partial charge on any atom is -0.381 e. The topological polar surface area (TPSA) is 60.3 Å². The molecule has 1 saturated carbocycles. The van der Waals surface area contributed by atoms with Crippen LogP contribution in [0.2, 0.25) is 0 Å². The molecule has 4 rings (SSSR count). The number of methoxy groups -OCH3 is 1. The van der Waals surface area contributed by atoms with Gasteiger partial charge in [-0.05, 0) is 42.7 Å². The van der Waals surface area contributed by atoms with Gasteiger partial charge in [-0.1, -0.05) is 18.2 Å². The van der Waals surface area contributed by atoms with Crippen molar-refractivity contribution < 1.29 is 9.53 Å². The fraction of sp³-hybridized carbons (Fsp3) is 0.444. The second kappa shape index (κ2) is 5.49. The molecule has 1 N–H and O–H groups in total. The van der Waals surface area contributed by atoms with Gasteiger partial charge in [0.25, 0.3) is 11.5 Å². The zero-order valence-corrected chi connectivity index (χ0v) is 13.2. The summed E-state index contributed by atoms with van der Waals surface area (Å²) in [5, 5.41) is 3.96. The van der Waals surface area contributed by atoms with E-state index in [1.807, 2.05) is 12.1 Å². The van der Waals surface area contributed by atoms with Crippen LogP contribution in [0.25, 0.3) is 10.9 Å². The third-order valence-electron chi connectivity index (χ3n) is 5.10. The van der Waals surface area contributed by atoms with Crippen molar-refractivity contribution in [3.63, 3.8) is 0 Å². The number of ether oxygens (including phenoxy) is 1. The smallest absolute Gasteiger partial charge is 0.263 e. The number of carbonyl (C=O) groups is 1. The molecule has 1 amide bonds. The normalized spacial score (nSPS) is 22.7. The Morgan fingerprint density at radius 1 is 1.35 bits per heavy atom. The molecule has 120 valence electrons. The predicted molar refractivity (Wildman–Crippen MR) is 87.8 cm³/mol. The number of benzene rings is 1. The van der Waals surface area contributed by atoms with Crippen molar-refractivity contribution >= 4 is 16.8 Å². The summed E-state index contributed by atoms with van der Waals surface area (Å²) in [6, 6.07) is 7.83. The third-order valence-corrected chi connectivity index (χ3v) is 5.10. The summed E-state index contributed by atoms with van der Waals surface area (Å²) in [5.41, 5.74) is 2.23. The highest BCUT2D eigenvalue weighted by Crippen LogP contribution is 2.25. The Kier molecular flexibility index (Phi) is 3.45. The van der Waals surface area contributed by atoms with Crippen LogP contribution in [0.1, 0.15) is 35.2 Å². The zero-order valence-electron chi connectivity index (χ0n) is 13.2. The average Bonchev–Trinajstić information content (AvgIpc) is 3.18. The number of nitrogens with zero attached hydrogens (tertiary/aromatic N) is 1. The van der Waals surface area contributed by atoms with E-state index in [2.05, 4.69) is 11.4 Å². The molecule has 0 bridgehead atoms. The van der Waals surface area contributed by atoms with Gasteiger partial charge < -0.3 is 14.6 Å². The van der Waals surface area contributed by atoms with Crippen molar-refractivity contribution in [2.45, 2.75) is 44.4 Å². The summed E-state index contributed by atoms with van der Waals surface area (Å²) < 4.78 is 7.08. The molecule has 1 aromatic heterocycles. The summed E-state index contributed by atoms with van der Waals surface area (Å²) >= 11 is 0. The first-order chi connectivity index (χ1) is 11.2. The molecule has 0 spiro atoms. The number of carbonyl (C=O) groups excluding carboxylic acids is 1. The molecule has 0 unspecified atom stereocenters. The van der Waals surface area contributed by atoms with Crippen molar-refractivity contribution in [1.29, 1.82) is 0 Å². The Labute approximate surface area is 134 Å². The maximum absolute atomic E-state index is 12.7. The van der Waals surface area contributed by atoms with Crippen LogP contribution in [-0.2, 0) is 17.7 Å². The molecule has 0 radical (unpaired) electrons. The molecule has 1 aliphatic heterocycles. The summed E-state index contributed by atoms with van der Waals surface area (Å²) in [6.07, 6.45) is 3.73. The highest BCUT2D eigenvalue weighted by atomic mass is 16.5. The minimum atomic E-state index is -0.264. The van der Waals surface area contributed by atoms with Crippen molar-refractivity contribution in [2.24, 2.45) is 0 Å². The van der Waals surface area contributed by atoms with E-state index >= 15 is 0 Å². The van der Waals surface area contributed by atoms with E-state index in [9.17, 15) is 9.59 Å². The minimum absolute atomic E-state index is 0.0902. The first-order valence-electron chi connectivity index (χ1n) is 8.16. The Bertz CT molecular complexity index is 840. The molecule has 5 nitrogen and oxygen atoms in total. The van der Waals surface area contributed by atoms with Gasteiger partial charge in [-0.3, -0.25) is 9.59 Å². The maximum atomic E-state index is 12.7. The third kappa shape index (κ3) is 2.36. The molecule has 0 saturated heterocycles. The second-order valence-corrected chi connectivity index (χ2v) is 6.46. The summed E-state index contributed by atoms with van der Waals surface area (Å²) in [5.74, 6) is -0.264. The second-order valence-electron chi connectivity index (χ2n) is 6.46. The summed E-state index contributed by atoms with van der Waals surface area (Å²) in [7, 11) is 1.70. The van der Waals surface area contributed by atoms with Crippen molar-refractivity contribution in [3.8, 4) is 0 Å². The highest BCUT2D eigenvalue weighted by Gasteiger charge is 2.27. The summed E-state index contributed by atoms with van der Waals surface area (Å²) in [4.78, 5) is 25.2. The first-order valence-corrected chi connectivity index (χ1v) is 8.16. The van der Waals surface area contributed by atoms with E-state index in [1.54, 1.807) is 17.7 Å². The van der Waals surface area contributed by atoms with E-state index in [0.29, 0.717) is 6.54 Å². The van der Waals surface area contributed by atoms with Gasteiger partial charge >= 0.3 is 0 Å². The molecule has 1 aromatic carbocycles. The Morgan fingerprint density at radius 2 is 2.22 bits per heavy atom. The molecule has 2 aromatic rings.